The lowest BCUT2D eigenvalue weighted by atomic mass is 10.2. The van der Waals surface area contributed by atoms with Crippen LogP contribution in [0.2, 0.25) is 0 Å². The first-order valence-electron chi connectivity index (χ1n) is 7.54. The van der Waals surface area contributed by atoms with Crippen molar-refractivity contribution >= 4 is 16.1 Å². The fourth-order valence-corrected chi connectivity index (χ4v) is 2.68. The van der Waals surface area contributed by atoms with E-state index in [1.54, 1.807) is 12.1 Å². The van der Waals surface area contributed by atoms with Crippen molar-refractivity contribution in [3.63, 3.8) is 0 Å². The number of rotatable bonds is 9. The molecule has 0 N–H and O–H groups in total. The van der Waals surface area contributed by atoms with Crippen LogP contribution in [0.4, 0.5) is 0 Å². The van der Waals surface area contributed by atoms with E-state index in [4.69, 9.17) is 8.92 Å². The molecule has 0 spiro atoms. The maximum absolute atomic E-state index is 12.1. The molecule has 22 heavy (non-hydrogen) atoms. The number of hydrogen-bond acceptors (Lipinski definition) is 5. The van der Waals surface area contributed by atoms with Crippen LogP contribution in [0.15, 0.2) is 29.2 Å². The van der Waals surface area contributed by atoms with E-state index in [-0.39, 0.29) is 17.5 Å². The van der Waals surface area contributed by atoms with Gasteiger partial charge in [0.2, 0.25) is 0 Å². The topological polar surface area (TPSA) is 69.7 Å². The normalized spacial score (nSPS) is 12.9. The fourth-order valence-electron chi connectivity index (χ4n) is 1.74. The Kier molecular flexibility index (Phi) is 7.55. The number of esters is 1. The van der Waals surface area contributed by atoms with Gasteiger partial charge in [-0.3, -0.25) is 8.98 Å². The molecule has 0 heterocycles. The predicted octanol–water partition coefficient (Wildman–Crippen LogP) is 3.21. The Morgan fingerprint density at radius 1 is 1.18 bits per heavy atom. The van der Waals surface area contributed by atoms with E-state index < -0.39 is 16.2 Å². The van der Waals surface area contributed by atoms with Crippen LogP contribution in [0.3, 0.4) is 0 Å². The first-order valence-corrected chi connectivity index (χ1v) is 8.95. The van der Waals surface area contributed by atoms with Crippen molar-refractivity contribution in [2.75, 3.05) is 6.61 Å². The molecule has 6 heteroatoms. The fraction of sp³-hybridized carbons (Fsp3) is 0.562. The minimum absolute atomic E-state index is 0.102. The molecule has 0 aliphatic rings. The van der Waals surface area contributed by atoms with Crippen LogP contribution in [-0.2, 0) is 23.8 Å². The second-order valence-electron chi connectivity index (χ2n) is 5.18. The highest BCUT2D eigenvalue weighted by Gasteiger charge is 2.19. The van der Waals surface area contributed by atoms with Gasteiger partial charge in [-0.15, -0.1) is 0 Å². The molecule has 0 bridgehead atoms. The van der Waals surface area contributed by atoms with E-state index in [0.717, 1.165) is 18.4 Å². The second kappa shape index (κ2) is 8.90. The highest BCUT2D eigenvalue weighted by atomic mass is 32.2. The Morgan fingerprint density at radius 3 is 2.36 bits per heavy atom. The lowest BCUT2D eigenvalue weighted by Crippen LogP contribution is -2.24. The molecule has 0 aromatic heterocycles. The van der Waals surface area contributed by atoms with Crippen molar-refractivity contribution in [1.82, 2.24) is 0 Å². The lowest BCUT2D eigenvalue weighted by molar-refractivity contribution is -0.150. The number of ether oxygens (including phenoxy) is 1. The molecule has 1 rings (SSSR count). The summed E-state index contributed by atoms with van der Waals surface area (Å²) in [6, 6.07) is 6.41. The molecule has 124 valence electrons. The summed E-state index contributed by atoms with van der Waals surface area (Å²) < 4.78 is 34.4. The number of aryl methyl sites for hydroxylation is 1. The summed E-state index contributed by atoms with van der Waals surface area (Å²) in [5, 5.41) is 0. The predicted molar refractivity (Wildman–Crippen MR) is 84.0 cm³/mol. The summed E-state index contributed by atoms with van der Waals surface area (Å²) in [6.45, 7) is 5.52. The van der Waals surface area contributed by atoms with Crippen molar-refractivity contribution < 1.29 is 22.1 Å². The average molecular weight is 328 g/mol. The van der Waals surface area contributed by atoms with Gasteiger partial charge in [0.15, 0.2) is 0 Å². The molecule has 1 atom stereocenters. The molecule has 1 aromatic carbocycles. The zero-order chi connectivity index (χ0) is 16.6. The van der Waals surface area contributed by atoms with Gasteiger partial charge in [0.1, 0.15) is 12.7 Å². The van der Waals surface area contributed by atoms with Gasteiger partial charge < -0.3 is 4.74 Å². The molecule has 0 aliphatic carbocycles. The van der Waals surface area contributed by atoms with Gasteiger partial charge in [-0.1, -0.05) is 38.0 Å². The third kappa shape index (κ3) is 6.15. The number of benzene rings is 1. The first kappa shape index (κ1) is 18.6. The first-order chi connectivity index (χ1) is 10.4. The Morgan fingerprint density at radius 2 is 1.82 bits per heavy atom. The Hall–Kier alpha value is -1.40. The van der Waals surface area contributed by atoms with Crippen LogP contribution in [0.25, 0.3) is 0 Å². The molecular formula is C16H24O5S. The summed E-state index contributed by atoms with van der Waals surface area (Å²) in [5.41, 5.74) is 0.968. The molecule has 0 fully saturated rings. The number of hydrogen-bond donors (Lipinski definition) is 0. The molecule has 5 nitrogen and oxygen atoms in total. The molecule has 0 radical (unpaired) electrons. The van der Waals surface area contributed by atoms with Gasteiger partial charge in [-0.25, -0.2) is 0 Å². The van der Waals surface area contributed by atoms with E-state index in [1.807, 2.05) is 20.8 Å². The van der Waals surface area contributed by atoms with Crippen LogP contribution in [0.5, 0.6) is 0 Å². The van der Waals surface area contributed by atoms with Crippen molar-refractivity contribution in [3.05, 3.63) is 29.8 Å². The minimum Gasteiger partial charge on any atom is -0.460 e. The Labute approximate surface area is 132 Å². The van der Waals surface area contributed by atoms with Gasteiger partial charge in [0.25, 0.3) is 10.1 Å². The maximum Gasteiger partial charge on any atom is 0.306 e. The Balaban J connectivity index is 2.58. The number of carbonyl (C=O) groups excluding carboxylic acids is 1. The van der Waals surface area contributed by atoms with E-state index >= 15 is 0 Å². The lowest BCUT2D eigenvalue weighted by Gasteiger charge is -2.16. The monoisotopic (exact) mass is 328 g/mol. The van der Waals surface area contributed by atoms with Crippen LogP contribution < -0.4 is 0 Å². The third-order valence-corrected chi connectivity index (χ3v) is 4.50. The van der Waals surface area contributed by atoms with Gasteiger partial charge in [-0.05, 0) is 31.9 Å². The summed E-state index contributed by atoms with van der Waals surface area (Å²) in [6.07, 6.45) is 1.96. The Bertz CT molecular complexity index is 563. The quantitative estimate of drug-likeness (QED) is 0.514. The zero-order valence-corrected chi connectivity index (χ0v) is 14.2. The third-order valence-electron chi connectivity index (χ3n) is 3.21. The van der Waals surface area contributed by atoms with Crippen LogP contribution in [0.1, 0.15) is 45.1 Å². The summed E-state index contributed by atoms with van der Waals surface area (Å²) in [7, 11) is -3.83. The SMILES string of the molecule is CCCCC(=O)OC(CC)COS(=O)(=O)c1ccc(C)cc1. The standard InChI is InChI=1S/C16H24O5S/c1-4-6-7-16(17)21-14(5-2)12-20-22(18,19)15-10-8-13(3)9-11-15/h8-11,14H,4-7,12H2,1-3H3. The van der Waals surface area contributed by atoms with E-state index in [2.05, 4.69) is 0 Å². The van der Waals surface area contributed by atoms with Crippen molar-refractivity contribution in [3.8, 4) is 0 Å². The minimum atomic E-state index is -3.83. The van der Waals surface area contributed by atoms with Gasteiger partial charge in [-0.2, -0.15) is 8.42 Å². The van der Waals surface area contributed by atoms with Crippen LogP contribution >= 0.6 is 0 Å². The van der Waals surface area contributed by atoms with Gasteiger partial charge >= 0.3 is 5.97 Å². The highest BCUT2D eigenvalue weighted by molar-refractivity contribution is 7.86. The van der Waals surface area contributed by atoms with Crippen LogP contribution in [0, 0.1) is 6.92 Å². The zero-order valence-electron chi connectivity index (χ0n) is 13.4. The van der Waals surface area contributed by atoms with E-state index in [0.29, 0.717) is 12.8 Å². The highest BCUT2D eigenvalue weighted by Crippen LogP contribution is 2.15. The molecular weight excluding hydrogens is 304 g/mol. The molecule has 1 unspecified atom stereocenters. The largest absolute Gasteiger partial charge is 0.460 e. The van der Waals surface area contributed by atoms with Gasteiger partial charge in [0, 0.05) is 6.42 Å². The maximum atomic E-state index is 12.1. The second-order valence-corrected chi connectivity index (χ2v) is 6.79. The number of unbranched alkanes of at least 4 members (excludes halogenated alkanes) is 1. The summed E-state index contributed by atoms with van der Waals surface area (Å²) in [4.78, 5) is 11.7. The number of carbonyl (C=O) groups is 1. The average Bonchev–Trinajstić information content (AvgIpc) is 2.49. The summed E-state index contributed by atoms with van der Waals surface area (Å²) >= 11 is 0. The molecule has 1 aromatic rings. The van der Waals surface area contributed by atoms with E-state index in [1.165, 1.54) is 12.1 Å². The molecule has 0 saturated heterocycles. The van der Waals surface area contributed by atoms with Crippen molar-refractivity contribution in [2.45, 2.75) is 57.5 Å². The summed E-state index contributed by atoms with van der Waals surface area (Å²) in [5.74, 6) is -0.315. The van der Waals surface area contributed by atoms with Crippen molar-refractivity contribution in [1.29, 1.82) is 0 Å². The van der Waals surface area contributed by atoms with Crippen molar-refractivity contribution in [2.24, 2.45) is 0 Å². The molecule has 0 saturated carbocycles. The smallest absolute Gasteiger partial charge is 0.306 e. The molecule has 0 aliphatic heterocycles. The van der Waals surface area contributed by atoms with E-state index in [9.17, 15) is 13.2 Å². The molecule has 0 amide bonds. The van der Waals surface area contributed by atoms with Gasteiger partial charge in [0.05, 0.1) is 4.90 Å². The van der Waals surface area contributed by atoms with Crippen LogP contribution in [-0.4, -0.2) is 27.1 Å².